The van der Waals surface area contributed by atoms with Crippen LogP contribution in [-0.4, -0.2) is 66.6 Å². The monoisotopic (exact) mass is 495 g/mol. The lowest BCUT2D eigenvalue weighted by Gasteiger charge is -2.31. The highest BCUT2D eigenvalue weighted by molar-refractivity contribution is 7.88. The first kappa shape index (κ1) is 24.5. The van der Waals surface area contributed by atoms with E-state index in [9.17, 15) is 23.1 Å². The molecule has 186 valence electrons. The number of aliphatic hydroxyl groups is 1. The Morgan fingerprint density at radius 3 is 2.71 bits per heavy atom. The normalized spacial score (nSPS) is 28.3. The molecule has 2 unspecified atom stereocenters. The van der Waals surface area contributed by atoms with Gasteiger partial charge in [0.15, 0.2) is 0 Å². The summed E-state index contributed by atoms with van der Waals surface area (Å²) in [5.74, 6) is -0.717. The average Bonchev–Trinajstić information content (AvgIpc) is 3.27. The van der Waals surface area contributed by atoms with Crippen LogP contribution in [0.2, 0.25) is 0 Å². The van der Waals surface area contributed by atoms with Crippen molar-refractivity contribution in [1.29, 1.82) is 0 Å². The highest BCUT2D eigenvalue weighted by Crippen LogP contribution is 2.37. The van der Waals surface area contributed by atoms with E-state index in [0.717, 1.165) is 32.1 Å². The minimum absolute atomic E-state index is 0.0684. The van der Waals surface area contributed by atoms with E-state index in [4.69, 9.17) is 4.74 Å². The topological polar surface area (TPSA) is 116 Å². The number of aliphatic hydroxyl groups excluding tert-OH is 1. The first-order valence-corrected chi connectivity index (χ1v) is 13.1. The van der Waals surface area contributed by atoms with E-state index >= 15 is 4.39 Å². The Morgan fingerprint density at radius 2 is 2.09 bits per heavy atom. The van der Waals surface area contributed by atoms with E-state index in [1.807, 2.05) is 13.0 Å². The maximum atomic E-state index is 15.7. The smallest absolute Gasteiger partial charge is 0.414 e. The van der Waals surface area contributed by atoms with Crippen molar-refractivity contribution in [3.05, 3.63) is 46.9 Å². The summed E-state index contributed by atoms with van der Waals surface area (Å²) < 4.78 is 48.0. The Labute approximate surface area is 198 Å². The van der Waals surface area contributed by atoms with Gasteiger partial charge in [0.1, 0.15) is 18.0 Å². The molecule has 2 heterocycles. The lowest BCUT2D eigenvalue weighted by Crippen LogP contribution is -2.47. The Kier molecular flexibility index (Phi) is 7.13. The van der Waals surface area contributed by atoms with E-state index in [0.29, 0.717) is 21.5 Å². The van der Waals surface area contributed by atoms with Crippen LogP contribution in [0.1, 0.15) is 45.4 Å². The van der Waals surface area contributed by atoms with Gasteiger partial charge in [-0.1, -0.05) is 44.8 Å². The van der Waals surface area contributed by atoms with Crippen LogP contribution in [0, 0.1) is 5.92 Å². The Bertz CT molecular complexity index is 1080. The zero-order chi connectivity index (χ0) is 24.5. The fourth-order valence-electron chi connectivity index (χ4n) is 4.45. The number of ether oxygens (including phenoxy) is 1. The first-order chi connectivity index (χ1) is 16.2. The average molecular weight is 496 g/mol. The molecule has 2 N–H and O–H groups in total. The molecule has 1 saturated heterocycles. The predicted molar refractivity (Wildman–Crippen MR) is 122 cm³/mol. The minimum atomic E-state index is -4.26. The lowest BCUT2D eigenvalue weighted by atomic mass is 9.83. The van der Waals surface area contributed by atoms with Crippen LogP contribution in [-0.2, 0) is 19.7 Å². The second-order valence-corrected chi connectivity index (χ2v) is 10.6. The number of alkyl halides is 1. The predicted octanol–water partition coefficient (Wildman–Crippen LogP) is 3.00. The summed E-state index contributed by atoms with van der Waals surface area (Å²) in [6, 6.07) is -1.57. The Hall–Kier alpha value is -2.66. The molecule has 9 nitrogen and oxygen atoms in total. The maximum Gasteiger partial charge on any atom is 0.414 e. The number of unbranched alkanes of at least 4 members (excludes halogenated alkanes) is 1. The molecule has 4 aliphatic rings. The van der Waals surface area contributed by atoms with Crippen LogP contribution >= 0.6 is 0 Å². The van der Waals surface area contributed by atoms with E-state index in [1.54, 1.807) is 10.8 Å². The quantitative estimate of drug-likeness (QED) is 0.525. The van der Waals surface area contributed by atoms with Gasteiger partial charge in [0.05, 0.1) is 19.7 Å². The van der Waals surface area contributed by atoms with Gasteiger partial charge in [-0.15, -0.1) is 0 Å². The molecular formula is C23H30FN3O6S. The Morgan fingerprint density at radius 1 is 1.32 bits per heavy atom. The molecule has 34 heavy (non-hydrogen) atoms. The number of carbonyl (C=O) groups excluding carboxylic acids is 2. The van der Waals surface area contributed by atoms with Crippen LogP contribution in [0.4, 0.5) is 9.18 Å². The Balaban J connectivity index is 1.57. The van der Waals surface area contributed by atoms with E-state index < -0.39 is 46.7 Å². The van der Waals surface area contributed by atoms with E-state index in [1.165, 1.54) is 23.5 Å². The van der Waals surface area contributed by atoms with Crippen LogP contribution in [0.5, 0.6) is 0 Å². The van der Waals surface area contributed by atoms with Crippen molar-refractivity contribution in [2.24, 2.45) is 5.92 Å². The number of nitrogens with zero attached hydrogens (tertiary/aromatic N) is 2. The maximum absolute atomic E-state index is 15.7. The largest absolute Gasteiger partial charge is 0.510 e. The van der Waals surface area contributed by atoms with E-state index in [2.05, 4.69) is 0 Å². The molecule has 4 rings (SSSR count). The zero-order valence-electron chi connectivity index (χ0n) is 19.1. The number of rotatable bonds is 7. The molecular weight excluding hydrogens is 465 g/mol. The molecule has 0 aromatic carbocycles. The molecule has 2 atom stereocenters. The van der Waals surface area contributed by atoms with Gasteiger partial charge in [0.2, 0.25) is 5.91 Å². The van der Waals surface area contributed by atoms with Gasteiger partial charge in [0, 0.05) is 5.70 Å². The highest BCUT2D eigenvalue weighted by atomic mass is 32.2. The van der Waals surface area contributed by atoms with Crippen molar-refractivity contribution in [2.75, 3.05) is 19.7 Å². The van der Waals surface area contributed by atoms with Crippen LogP contribution < -0.4 is 4.72 Å². The van der Waals surface area contributed by atoms with Gasteiger partial charge in [-0.3, -0.25) is 9.69 Å². The number of hydrogen-bond acceptors (Lipinski definition) is 6. The molecule has 0 radical (unpaired) electrons. The van der Waals surface area contributed by atoms with E-state index in [-0.39, 0.29) is 18.7 Å². The van der Waals surface area contributed by atoms with Crippen molar-refractivity contribution in [2.45, 2.75) is 57.7 Å². The molecule has 0 spiro atoms. The highest BCUT2D eigenvalue weighted by Gasteiger charge is 2.47. The molecule has 2 aliphatic carbocycles. The minimum Gasteiger partial charge on any atom is -0.510 e. The standard InChI is InChI=1S/C23H30FN3O6S/c1-2-3-11-33-23(30)26-13-16(12-17(26)8-7-15-5-4-6-15)18-9-10-19(28)22(21(18)24)27-14-20(29)25-34(27,31)32/h8-10,12,15,21-22,28H,2-7,11,13-14H2,1H3,(H,25,29)/b17-8-. The number of nitrogens with one attached hydrogen (secondary N) is 1. The molecule has 0 aromatic rings. The van der Waals surface area contributed by atoms with Crippen molar-refractivity contribution < 1.29 is 32.2 Å². The van der Waals surface area contributed by atoms with Gasteiger partial charge in [-0.05, 0) is 42.1 Å². The van der Waals surface area contributed by atoms with Crippen molar-refractivity contribution in [1.82, 2.24) is 13.9 Å². The number of hydrogen-bond donors (Lipinski definition) is 2. The summed E-state index contributed by atoms with van der Waals surface area (Å²) in [5, 5.41) is 10.3. The second kappa shape index (κ2) is 9.91. The third-order valence-corrected chi connectivity index (χ3v) is 8.09. The summed E-state index contributed by atoms with van der Waals surface area (Å²) >= 11 is 0. The molecule has 2 aliphatic heterocycles. The van der Waals surface area contributed by atoms with Crippen LogP contribution in [0.15, 0.2) is 46.9 Å². The first-order valence-electron chi connectivity index (χ1n) is 11.6. The van der Waals surface area contributed by atoms with Gasteiger partial charge in [-0.25, -0.2) is 13.9 Å². The molecule has 11 heteroatoms. The number of carbonyl (C=O) groups is 2. The fourth-order valence-corrected chi connectivity index (χ4v) is 5.72. The van der Waals surface area contributed by atoms with Gasteiger partial charge < -0.3 is 9.84 Å². The van der Waals surface area contributed by atoms with Gasteiger partial charge in [-0.2, -0.15) is 12.7 Å². The van der Waals surface area contributed by atoms with Crippen molar-refractivity contribution in [3.63, 3.8) is 0 Å². The SMILES string of the molecule is CCCCOC(=O)N1CC(C2=CC=C(O)C(N3CC(=O)NS3(=O)=O)C2F)=C/C1=C/CC1CCC1. The lowest BCUT2D eigenvalue weighted by molar-refractivity contribution is -0.118. The number of halogens is 1. The molecule has 0 aromatic heterocycles. The molecule has 0 bridgehead atoms. The number of allylic oxidation sites excluding steroid dienone is 4. The second-order valence-electron chi connectivity index (χ2n) is 9.02. The van der Waals surface area contributed by atoms with Crippen LogP contribution in [0.25, 0.3) is 0 Å². The molecule has 2 amide bonds. The van der Waals surface area contributed by atoms with Gasteiger partial charge in [0.25, 0.3) is 0 Å². The summed E-state index contributed by atoms with van der Waals surface area (Å²) in [6.07, 6.45) is 9.75. The third-order valence-electron chi connectivity index (χ3n) is 6.63. The zero-order valence-corrected chi connectivity index (χ0v) is 19.9. The summed E-state index contributed by atoms with van der Waals surface area (Å²) in [4.78, 5) is 25.8. The number of amides is 2. The van der Waals surface area contributed by atoms with Crippen LogP contribution in [0.3, 0.4) is 0 Å². The van der Waals surface area contributed by atoms with Crippen molar-refractivity contribution >= 4 is 22.2 Å². The molecule has 1 saturated carbocycles. The third kappa shape index (κ3) is 4.90. The summed E-state index contributed by atoms with van der Waals surface area (Å²) in [5.41, 5.74) is 1.26. The molecule has 2 fully saturated rings. The van der Waals surface area contributed by atoms with Crippen molar-refractivity contribution in [3.8, 4) is 0 Å². The fraction of sp³-hybridized carbons (Fsp3) is 0.565. The van der Waals surface area contributed by atoms with Gasteiger partial charge >= 0.3 is 16.3 Å². The summed E-state index contributed by atoms with van der Waals surface area (Å²) in [7, 11) is -4.26. The summed E-state index contributed by atoms with van der Waals surface area (Å²) in [6.45, 7) is 1.77.